The zero-order valence-corrected chi connectivity index (χ0v) is 20.3. The molecule has 0 atom stereocenters. The third kappa shape index (κ3) is 5.12. The van der Waals surface area contributed by atoms with Gasteiger partial charge < -0.3 is 19.5 Å². The molecule has 34 heavy (non-hydrogen) atoms. The van der Waals surface area contributed by atoms with Crippen LogP contribution < -0.4 is 4.90 Å². The van der Waals surface area contributed by atoms with Crippen LogP contribution in [0.15, 0.2) is 78.9 Å². The standard InChI is InChI=1S/C28H30ClNO4/c1-33-28(34-2)19-27(20-28,16-26(31)32)23-13-14-24(29)25(15-23)30(17-21-9-5-3-6-10-21)18-22-11-7-4-8-12-22/h3-15H,16-20H2,1-2H3,(H,31,32). The van der Waals surface area contributed by atoms with Gasteiger partial charge in [0.15, 0.2) is 5.79 Å². The Morgan fingerprint density at radius 2 is 1.44 bits per heavy atom. The minimum Gasteiger partial charge on any atom is -0.481 e. The van der Waals surface area contributed by atoms with E-state index in [9.17, 15) is 9.90 Å². The largest absolute Gasteiger partial charge is 0.481 e. The Labute approximate surface area is 205 Å². The van der Waals surface area contributed by atoms with Crippen molar-refractivity contribution in [3.05, 3.63) is 101 Å². The van der Waals surface area contributed by atoms with Crippen molar-refractivity contribution >= 4 is 23.3 Å². The van der Waals surface area contributed by atoms with Gasteiger partial charge in [0, 0.05) is 45.6 Å². The van der Waals surface area contributed by atoms with E-state index in [0.29, 0.717) is 31.0 Å². The molecule has 5 nitrogen and oxygen atoms in total. The predicted molar refractivity (Wildman–Crippen MR) is 134 cm³/mol. The van der Waals surface area contributed by atoms with E-state index in [0.717, 1.165) is 11.3 Å². The van der Waals surface area contributed by atoms with E-state index in [1.54, 1.807) is 14.2 Å². The summed E-state index contributed by atoms with van der Waals surface area (Å²) < 4.78 is 11.2. The molecule has 1 N–H and O–H groups in total. The topological polar surface area (TPSA) is 59.0 Å². The Kier molecular flexibility index (Phi) is 7.27. The maximum Gasteiger partial charge on any atom is 0.304 e. The number of anilines is 1. The second-order valence-corrected chi connectivity index (χ2v) is 9.42. The maximum atomic E-state index is 11.8. The Hall–Kier alpha value is -2.86. The molecule has 1 aliphatic rings. The van der Waals surface area contributed by atoms with Crippen LogP contribution in [0.2, 0.25) is 5.02 Å². The molecule has 3 aromatic carbocycles. The smallest absolute Gasteiger partial charge is 0.304 e. The van der Waals surface area contributed by atoms with E-state index in [1.165, 1.54) is 11.1 Å². The zero-order chi connectivity index (χ0) is 24.2. The zero-order valence-electron chi connectivity index (χ0n) is 19.5. The average Bonchev–Trinajstić information content (AvgIpc) is 2.82. The normalized spacial score (nSPS) is 16.0. The fourth-order valence-electron chi connectivity index (χ4n) is 4.99. The third-order valence-electron chi connectivity index (χ3n) is 6.78. The molecule has 178 valence electrons. The van der Waals surface area contributed by atoms with Crippen LogP contribution in [0.3, 0.4) is 0 Å². The highest BCUT2D eigenvalue weighted by atomic mass is 35.5. The first kappa shape index (κ1) is 24.3. The highest BCUT2D eigenvalue weighted by Gasteiger charge is 2.57. The second kappa shape index (κ2) is 10.2. The minimum atomic E-state index is -0.845. The molecule has 0 amide bonds. The lowest BCUT2D eigenvalue weighted by atomic mass is 9.58. The van der Waals surface area contributed by atoms with Crippen molar-refractivity contribution in [1.29, 1.82) is 0 Å². The molecular weight excluding hydrogens is 450 g/mol. The van der Waals surface area contributed by atoms with Gasteiger partial charge in [-0.3, -0.25) is 4.79 Å². The van der Waals surface area contributed by atoms with Gasteiger partial charge in [0.1, 0.15) is 0 Å². The molecule has 1 aliphatic carbocycles. The number of nitrogens with zero attached hydrogens (tertiary/aromatic N) is 1. The summed E-state index contributed by atoms with van der Waals surface area (Å²) in [7, 11) is 3.20. The Bertz CT molecular complexity index is 1070. The van der Waals surface area contributed by atoms with Gasteiger partial charge in [0.05, 0.1) is 17.1 Å². The second-order valence-electron chi connectivity index (χ2n) is 9.02. The summed E-state index contributed by atoms with van der Waals surface area (Å²) in [4.78, 5) is 14.1. The van der Waals surface area contributed by atoms with Crippen molar-refractivity contribution in [1.82, 2.24) is 0 Å². The molecule has 0 aliphatic heterocycles. The van der Waals surface area contributed by atoms with Gasteiger partial charge in [-0.05, 0) is 28.8 Å². The first-order chi connectivity index (χ1) is 16.4. The Morgan fingerprint density at radius 3 is 1.91 bits per heavy atom. The number of methoxy groups -OCH3 is 2. The minimum absolute atomic E-state index is 0.0000864. The molecule has 0 saturated heterocycles. The average molecular weight is 480 g/mol. The lowest BCUT2D eigenvalue weighted by Crippen LogP contribution is -2.57. The fraction of sp³-hybridized carbons (Fsp3) is 0.321. The van der Waals surface area contributed by atoms with Gasteiger partial charge >= 0.3 is 5.97 Å². The van der Waals surface area contributed by atoms with Crippen LogP contribution in [0, 0.1) is 0 Å². The quantitative estimate of drug-likeness (QED) is 0.359. The molecule has 1 saturated carbocycles. The number of hydrogen-bond acceptors (Lipinski definition) is 4. The highest BCUT2D eigenvalue weighted by Crippen LogP contribution is 2.55. The summed E-state index contributed by atoms with van der Waals surface area (Å²) in [6.45, 7) is 1.34. The molecule has 4 rings (SSSR count). The van der Waals surface area contributed by atoms with E-state index < -0.39 is 17.2 Å². The van der Waals surface area contributed by atoms with Crippen molar-refractivity contribution in [2.75, 3.05) is 19.1 Å². The number of carboxylic acid groups (broad SMARTS) is 1. The van der Waals surface area contributed by atoms with Gasteiger partial charge in [0.25, 0.3) is 0 Å². The van der Waals surface area contributed by atoms with Crippen LogP contribution in [0.25, 0.3) is 0 Å². The van der Waals surface area contributed by atoms with Gasteiger partial charge in [-0.15, -0.1) is 0 Å². The van der Waals surface area contributed by atoms with Gasteiger partial charge in [-0.2, -0.15) is 0 Å². The van der Waals surface area contributed by atoms with Gasteiger partial charge in [-0.25, -0.2) is 0 Å². The molecule has 0 unspecified atom stereocenters. The molecule has 0 bridgehead atoms. The first-order valence-electron chi connectivity index (χ1n) is 11.3. The summed E-state index contributed by atoms with van der Waals surface area (Å²) in [5, 5.41) is 10.3. The molecular formula is C28H30ClNO4. The summed E-state index contributed by atoms with van der Waals surface area (Å²) in [6, 6.07) is 26.4. The van der Waals surface area contributed by atoms with Crippen LogP contribution in [-0.4, -0.2) is 31.1 Å². The number of carboxylic acids is 1. The van der Waals surface area contributed by atoms with Crippen LogP contribution >= 0.6 is 11.6 Å². The van der Waals surface area contributed by atoms with Crippen molar-refractivity contribution in [2.45, 2.75) is 43.6 Å². The predicted octanol–water partition coefficient (Wildman–Crippen LogP) is 6.04. The van der Waals surface area contributed by atoms with Crippen LogP contribution in [0.4, 0.5) is 5.69 Å². The number of hydrogen-bond donors (Lipinski definition) is 1. The molecule has 1 fully saturated rings. The van der Waals surface area contributed by atoms with Crippen molar-refractivity contribution in [3.8, 4) is 0 Å². The maximum absolute atomic E-state index is 11.8. The van der Waals surface area contributed by atoms with Gasteiger partial charge in [-0.1, -0.05) is 78.3 Å². The lowest BCUT2D eigenvalue weighted by molar-refractivity contribution is -0.279. The molecule has 3 aromatic rings. The van der Waals surface area contributed by atoms with Gasteiger partial charge in [0.2, 0.25) is 0 Å². The van der Waals surface area contributed by atoms with Crippen molar-refractivity contribution in [3.63, 3.8) is 0 Å². The molecule has 6 heteroatoms. The van der Waals surface area contributed by atoms with E-state index >= 15 is 0 Å². The first-order valence-corrected chi connectivity index (χ1v) is 11.7. The van der Waals surface area contributed by atoms with E-state index in [2.05, 4.69) is 29.2 Å². The summed E-state index contributed by atoms with van der Waals surface area (Å²) in [6.07, 6.45) is 0.940. The van der Waals surface area contributed by atoms with Crippen LogP contribution in [0.1, 0.15) is 36.0 Å². The molecule has 0 radical (unpaired) electrons. The fourth-order valence-corrected chi connectivity index (χ4v) is 5.23. The Morgan fingerprint density at radius 1 is 0.912 bits per heavy atom. The number of benzene rings is 3. The molecule has 0 spiro atoms. The van der Waals surface area contributed by atoms with Crippen LogP contribution in [-0.2, 0) is 32.8 Å². The summed E-state index contributed by atoms with van der Waals surface area (Å²) >= 11 is 6.74. The highest BCUT2D eigenvalue weighted by molar-refractivity contribution is 6.33. The number of rotatable bonds is 10. The lowest BCUT2D eigenvalue weighted by Gasteiger charge is -2.54. The molecule has 0 aromatic heterocycles. The van der Waals surface area contributed by atoms with E-state index in [-0.39, 0.29) is 6.42 Å². The molecule has 0 heterocycles. The van der Waals surface area contributed by atoms with Crippen molar-refractivity contribution in [2.24, 2.45) is 0 Å². The third-order valence-corrected chi connectivity index (χ3v) is 7.10. The van der Waals surface area contributed by atoms with Crippen molar-refractivity contribution < 1.29 is 19.4 Å². The number of ether oxygens (including phenoxy) is 2. The van der Waals surface area contributed by atoms with E-state index in [1.807, 2.05) is 54.6 Å². The number of halogens is 1. The summed E-state index contributed by atoms with van der Waals surface area (Å²) in [5.41, 5.74) is 3.57. The monoisotopic (exact) mass is 479 g/mol. The summed E-state index contributed by atoms with van der Waals surface area (Å²) in [5.74, 6) is -1.61. The Balaban J connectivity index is 1.72. The SMILES string of the molecule is COC1(OC)CC(CC(=O)O)(c2ccc(Cl)c(N(Cc3ccccc3)Cc3ccccc3)c2)C1. The number of aliphatic carboxylic acids is 1. The number of carbonyl (C=O) groups is 1. The van der Waals surface area contributed by atoms with Crippen LogP contribution in [0.5, 0.6) is 0 Å². The van der Waals surface area contributed by atoms with E-state index in [4.69, 9.17) is 21.1 Å².